The van der Waals surface area contributed by atoms with Gasteiger partial charge in [0.15, 0.2) is 0 Å². The first-order chi connectivity index (χ1) is 9.28. The summed E-state index contributed by atoms with van der Waals surface area (Å²) in [5.74, 6) is 2.45. The molecule has 0 aromatic heterocycles. The molecule has 1 aliphatic carbocycles. The Morgan fingerprint density at radius 3 is 2.42 bits per heavy atom. The van der Waals surface area contributed by atoms with E-state index in [-0.39, 0.29) is 0 Å². The van der Waals surface area contributed by atoms with Gasteiger partial charge in [-0.2, -0.15) is 0 Å². The number of rotatable bonds is 5. The molecule has 1 saturated carbocycles. The van der Waals surface area contributed by atoms with Gasteiger partial charge in [0, 0.05) is 19.8 Å². The molecule has 0 amide bonds. The van der Waals surface area contributed by atoms with E-state index in [2.05, 4.69) is 11.8 Å². The van der Waals surface area contributed by atoms with Crippen LogP contribution in [0, 0.1) is 17.8 Å². The van der Waals surface area contributed by atoms with E-state index >= 15 is 0 Å². The van der Waals surface area contributed by atoms with Crippen molar-refractivity contribution < 1.29 is 4.74 Å². The summed E-state index contributed by atoms with van der Waals surface area (Å²) >= 11 is 0. The van der Waals surface area contributed by atoms with E-state index in [1.807, 2.05) is 7.11 Å². The predicted octanol–water partition coefficient (Wildman–Crippen LogP) is 2.50. The number of nitrogens with zero attached hydrogens (tertiary/aromatic N) is 1. The number of methoxy groups -OCH3 is 1. The molecule has 0 aromatic carbocycles. The zero-order chi connectivity index (χ0) is 13.7. The third-order valence-corrected chi connectivity index (χ3v) is 5.47. The molecule has 2 N–H and O–H groups in total. The van der Waals surface area contributed by atoms with Crippen LogP contribution in [-0.2, 0) is 4.74 Å². The van der Waals surface area contributed by atoms with E-state index in [9.17, 15) is 0 Å². The van der Waals surface area contributed by atoms with E-state index in [1.165, 1.54) is 51.6 Å². The molecule has 0 radical (unpaired) electrons. The van der Waals surface area contributed by atoms with Crippen molar-refractivity contribution in [3.05, 3.63) is 0 Å². The Hall–Kier alpha value is -0.120. The quantitative estimate of drug-likeness (QED) is 0.832. The van der Waals surface area contributed by atoms with Crippen LogP contribution in [0.2, 0.25) is 0 Å². The maximum Gasteiger partial charge on any atom is 0.0491 e. The molecule has 0 spiro atoms. The van der Waals surface area contributed by atoms with E-state index in [0.717, 1.165) is 36.9 Å². The van der Waals surface area contributed by atoms with Crippen LogP contribution in [0.5, 0.6) is 0 Å². The van der Waals surface area contributed by atoms with Crippen LogP contribution in [0.4, 0.5) is 0 Å². The summed E-state index contributed by atoms with van der Waals surface area (Å²) in [5.41, 5.74) is 6.02. The van der Waals surface area contributed by atoms with Gasteiger partial charge in [-0.15, -0.1) is 0 Å². The molecule has 3 unspecified atom stereocenters. The van der Waals surface area contributed by atoms with Crippen molar-refractivity contribution in [2.45, 2.75) is 51.5 Å². The molecule has 1 aliphatic heterocycles. The van der Waals surface area contributed by atoms with Gasteiger partial charge in [0.25, 0.3) is 0 Å². The SMILES string of the molecule is CCC1CCC(CN)C(N2CCC(COC)CC2)C1. The maximum atomic E-state index is 6.02. The fourth-order valence-corrected chi connectivity index (χ4v) is 4.07. The normalized spacial score (nSPS) is 34.6. The number of hydrogen-bond acceptors (Lipinski definition) is 3. The summed E-state index contributed by atoms with van der Waals surface area (Å²) in [7, 11) is 1.82. The van der Waals surface area contributed by atoms with Crippen LogP contribution in [-0.4, -0.2) is 44.3 Å². The molecule has 3 nitrogen and oxygen atoms in total. The zero-order valence-corrected chi connectivity index (χ0v) is 12.8. The Labute approximate surface area is 118 Å². The van der Waals surface area contributed by atoms with Gasteiger partial charge in [-0.25, -0.2) is 0 Å². The summed E-state index contributed by atoms with van der Waals surface area (Å²) in [6.45, 7) is 6.67. The molecule has 2 aliphatic rings. The summed E-state index contributed by atoms with van der Waals surface area (Å²) in [4.78, 5) is 2.74. The fraction of sp³-hybridized carbons (Fsp3) is 1.00. The molecular formula is C16H32N2O. The highest BCUT2D eigenvalue weighted by Crippen LogP contribution is 2.35. The van der Waals surface area contributed by atoms with Crippen molar-refractivity contribution in [2.24, 2.45) is 23.5 Å². The number of nitrogens with two attached hydrogens (primary N) is 1. The lowest BCUT2D eigenvalue weighted by molar-refractivity contribution is 0.0345. The molecule has 0 aromatic rings. The highest BCUT2D eigenvalue weighted by Gasteiger charge is 2.34. The van der Waals surface area contributed by atoms with Gasteiger partial charge in [0.05, 0.1) is 0 Å². The molecule has 0 bridgehead atoms. The highest BCUT2D eigenvalue weighted by molar-refractivity contribution is 4.89. The topological polar surface area (TPSA) is 38.5 Å². The first kappa shape index (κ1) is 15.3. The third-order valence-electron chi connectivity index (χ3n) is 5.47. The lowest BCUT2D eigenvalue weighted by Crippen LogP contribution is -2.50. The second kappa shape index (κ2) is 7.61. The van der Waals surface area contributed by atoms with Gasteiger partial charge < -0.3 is 15.4 Å². The first-order valence-corrected chi connectivity index (χ1v) is 8.21. The van der Waals surface area contributed by atoms with Crippen LogP contribution >= 0.6 is 0 Å². The van der Waals surface area contributed by atoms with E-state index < -0.39 is 0 Å². The van der Waals surface area contributed by atoms with E-state index in [1.54, 1.807) is 0 Å². The minimum atomic E-state index is 0.738. The van der Waals surface area contributed by atoms with Crippen molar-refractivity contribution >= 4 is 0 Å². The van der Waals surface area contributed by atoms with Gasteiger partial charge in [-0.1, -0.05) is 19.8 Å². The molecule has 3 heteroatoms. The molecule has 112 valence electrons. The molecule has 1 heterocycles. The zero-order valence-electron chi connectivity index (χ0n) is 12.8. The Morgan fingerprint density at radius 1 is 1.11 bits per heavy atom. The molecular weight excluding hydrogens is 236 g/mol. The number of likely N-dealkylation sites (tertiary alicyclic amines) is 1. The molecule has 3 atom stereocenters. The van der Waals surface area contributed by atoms with Crippen molar-refractivity contribution in [1.29, 1.82) is 0 Å². The minimum absolute atomic E-state index is 0.738. The Balaban J connectivity index is 1.88. The Kier molecular flexibility index (Phi) is 6.11. The van der Waals surface area contributed by atoms with Gasteiger partial charge >= 0.3 is 0 Å². The average molecular weight is 268 g/mol. The van der Waals surface area contributed by atoms with Crippen LogP contribution < -0.4 is 5.73 Å². The van der Waals surface area contributed by atoms with Crippen molar-refractivity contribution in [1.82, 2.24) is 4.90 Å². The van der Waals surface area contributed by atoms with Crippen LogP contribution in [0.25, 0.3) is 0 Å². The minimum Gasteiger partial charge on any atom is -0.384 e. The van der Waals surface area contributed by atoms with Crippen molar-refractivity contribution in [3.63, 3.8) is 0 Å². The predicted molar refractivity (Wildman–Crippen MR) is 80.1 cm³/mol. The van der Waals surface area contributed by atoms with E-state index in [4.69, 9.17) is 10.5 Å². The van der Waals surface area contributed by atoms with Gasteiger partial charge in [0.1, 0.15) is 0 Å². The second-order valence-corrected chi connectivity index (χ2v) is 6.59. The maximum absolute atomic E-state index is 6.02. The monoisotopic (exact) mass is 268 g/mol. The van der Waals surface area contributed by atoms with Gasteiger partial charge in [-0.3, -0.25) is 0 Å². The van der Waals surface area contributed by atoms with E-state index in [0.29, 0.717) is 0 Å². The van der Waals surface area contributed by atoms with Crippen LogP contribution in [0.15, 0.2) is 0 Å². The standard InChI is InChI=1S/C16H32N2O/c1-3-13-4-5-15(11-17)16(10-13)18-8-6-14(7-9-18)12-19-2/h13-16H,3-12,17H2,1-2H3. The van der Waals surface area contributed by atoms with Crippen molar-refractivity contribution in [2.75, 3.05) is 33.4 Å². The average Bonchev–Trinajstić information content (AvgIpc) is 2.47. The number of piperidine rings is 1. The Bertz CT molecular complexity index is 251. The summed E-state index contributed by atoms with van der Waals surface area (Å²) < 4.78 is 5.30. The van der Waals surface area contributed by atoms with Crippen LogP contribution in [0.1, 0.15) is 45.4 Å². The Morgan fingerprint density at radius 2 is 1.84 bits per heavy atom. The molecule has 2 fully saturated rings. The molecule has 2 rings (SSSR count). The van der Waals surface area contributed by atoms with Crippen LogP contribution in [0.3, 0.4) is 0 Å². The fourth-order valence-electron chi connectivity index (χ4n) is 4.07. The third kappa shape index (κ3) is 3.93. The molecule has 19 heavy (non-hydrogen) atoms. The highest BCUT2D eigenvalue weighted by atomic mass is 16.5. The lowest BCUT2D eigenvalue weighted by Gasteiger charge is -2.45. The largest absolute Gasteiger partial charge is 0.384 e. The lowest BCUT2D eigenvalue weighted by atomic mass is 9.76. The summed E-state index contributed by atoms with van der Waals surface area (Å²) in [6, 6.07) is 0.757. The second-order valence-electron chi connectivity index (χ2n) is 6.59. The van der Waals surface area contributed by atoms with Crippen molar-refractivity contribution in [3.8, 4) is 0 Å². The molecule has 1 saturated heterocycles. The summed E-state index contributed by atoms with van der Waals surface area (Å²) in [6.07, 6.45) is 8.07. The van der Waals surface area contributed by atoms with Gasteiger partial charge in [-0.05, 0) is 63.1 Å². The number of hydrogen-bond donors (Lipinski definition) is 1. The number of ether oxygens (including phenoxy) is 1. The first-order valence-electron chi connectivity index (χ1n) is 8.21. The smallest absolute Gasteiger partial charge is 0.0491 e. The summed E-state index contributed by atoms with van der Waals surface area (Å²) in [5, 5.41) is 0. The van der Waals surface area contributed by atoms with Gasteiger partial charge in [0.2, 0.25) is 0 Å².